The summed E-state index contributed by atoms with van der Waals surface area (Å²) in [4.78, 5) is 3.93. The van der Waals surface area contributed by atoms with E-state index in [0.717, 1.165) is 15.6 Å². The average Bonchev–Trinajstić information content (AvgIpc) is 2.04. The molecular weight excluding hydrogens is 206 g/mol. The monoisotopic (exact) mass is 213 g/mol. The molecule has 11 heavy (non-hydrogen) atoms. The number of halogens is 1. The van der Waals surface area contributed by atoms with Crippen LogP contribution in [0.1, 0.15) is 11.1 Å². The molecule has 1 heterocycles. The van der Waals surface area contributed by atoms with Crippen molar-refractivity contribution in [3.63, 3.8) is 0 Å². The van der Waals surface area contributed by atoms with Crippen molar-refractivity contribution < 1.29 is 5.11 Å². The minimum atomic E-state index is 0.00442. The topological polar surface area (TPSA) is 33.1 Å². The number of aliphatic hydroxyl groups is 1. The summed E-state index contributed by atoms with van der Waals surface area (Å²) in [6.45, 7) is 3.61. The average molecular weight is 214 g/mol. The second kappa shape index (κ2) is 3.64. The van der Waals surface area contributed by atoms with E-state index in [-0.39, 0.29) is 6.61 Å². The Balaban J connectivity index is 3.23. The lowest BCUT2D eigenvalue weighted by Gasteiger charge is -2.02. The molecule has 0 amide bonds. The molecule has 0 fully saturated rings. The highest BCUT2D eigenvalue weighted by molar-refractivity contribution is 9.10. The van der Waals surface area contributed by atoms with Crippen molar-refractivity contribution in [3.05, 3.63) is 34.6 Å². The molecule has 58 valence electrons. The van der Waals surface area contributed by atoms with Gasteiger partial charge in [-0.2, -0.15) is 0 Å². The summed E-state index contributed by atoms with van der Waals surface area (Å²) in [7, 11) is 0. The van der Waals surface area contributed by atoms with Crippen LogP contribution in [-0.2, 0) is 6.61 Å². The van der Waals surface area contributed by atoms with Crippen molar-refractivity contribution in [2.45, 2.75) is 6.61 Å². The first-order valence-electron chi connectivity index (χ1n) is 3.15. The molecule has 0 aliphatic heterocycles. The minimum absolute atomic E-state index is 0.00442. The van der Waals surface area contributed by atoms with E-state index in [1.54, 1.807) is 18.5 Å². The van der Waals surface area contributed by atoms with Gasteiger partial charge in [0.2, 0.25) is 0 Å². The zero-order chi connectivity index (χ0) is 8.27. The molecule has 1 rings (SSSR count). The van der Waals surface area contributed by atoms with Crippen molar-refractivity contribution in [1.29, 1.82) is 0 Å². The van der Waals surface area contributed by atoms with Crippen LogP contribution in [0.5, 0.6) is 0 Å². The summed E-state index contributed by atoms with van der Waals surface area (Å²) in [6, 6.07) is 0. The van der Waals surface area contributed by atoms with Gasteiger partial charge in [0, 0.05) is 22.4 Å². The van der Waals surface area contributed by atoms with Crippen LogP contribution in [0.4, 0.5) is 0 Å². The molecule has 0 atom stereocenters. The maximum absolute atomic E-state index is 8.92. The van der Waals surface area contributed by atoms with Gasteiger partial charge in [0.15, 0.2) is 0 Å². The fourth-order valence-electron chi connectivity index (χ4n) is 0.819. The van der Waals surface area contributed by atoms with Gasteiger partial charge in [0.25, 0.3) is 0 Å². The molecule has 1 N–H and O–H groups in total. The fraction of sp³-hybridized carbons (Fsp3) is 0.125. The molecule has 0 aliphatic rings. The molecule has 0 bridgehead atoms. The highest BCUT2D eigenvalue weighted by Crippen LogP contribution is 2.19. The van der Waals surface area contributed by atoms with Crippen molar-refractivity contribution in [3.8, 4) is 0 Å². The van der Waals surface area contributed by atoms with Gasteiger partial charge < -0.3 is 5.11 Å². The normalized spacial score (nSPS) is 9.64. The summed E-state index contributed by atoms with van der Waals surface area (Å²) < 4.78 is 0.817. The van der Waals surface area contributed by atoms with Crippen molar-refractivity contribution in [2.24, 2.45) is 0 Å². The van der Waals surface area contributed by atoms with Gasteiger partial charge in [-0.1, -0.05) is 12.7 Å². The molecule has 0 saturated carbocycles. The molecule has 0 aliphatic carbocycles. The second-order valence-electron chi connectivity index (χ2n) is 2.05. The molecule has 2 nitrogen and oxygen atoms in total. The lowest BCUT2D eigenvalue weighted by atomic mass is 10.1. The third-order valence-corrected chi connectivity index (χ3v) is 2.10. The van der Waals surface area contributed by atoms with Crippen molar-refractivity contribution >= 4 is 22.0 Å². The molecule has 0 spiro atoms. The SMILES string of the molecule is C=Cc1cncc(Br)c1CO. The molecule has 1 aromatic heterocycles. The lowest BCUT2D eigenvalue weighted by molar-refractivity contribution is 0.280. The summed E-state index contributed by atoms with van der Waals surface area (Å²) in [5.74, 6) is 0. The molecule has 1 aromatic rings. The smallest absolute Gasteiger partial charge is 0.0699 e. The number of aromatic nitrogens is 1. The molecule has 0 saturated heterocycles. The zero-order valence-electron chi connectivity index (χ0n) is 5.92. The van der Waals surface area contributed by atoms with E-state index in [4.69, 9.17) is 5.11 Å². The lowest BCUT2D eigenvalue weighted by Crippen LogP contribution is -1.91. The largest absolute Gasteiger partial charge is 0.392 e. The van der Waals surface area contributed by atoms with Gasteiger partial charge in [0.1, 0.15) is 0 Å². The summed E-state index contributed by atoms with van der Waals surface area (Å²) in [5, 5.41) is 8.92. The van der Waals surface area contributed by atoms with E-state index in [2.05, 4.69) is 27.5 Å². The van der Waals surface area contributed by atoms with Crippen LogP contribution in [0.15, 0.2) is 23.4 Å². The van der Waals surface area contributed by atoms with E-state index in [9.17, 15) is 0 Å². The highest BCUT2D eigenvalue weighted by Gasteiger charge is 2.01. The standard InChI is InChI=1S/C8H8BrNO/c1-2-6-3-10-4-8(9)7(6)5-11/h2-4,11H,1,5H2. The molecule has 0 unspecified atom stereocenters. The number of aliphatic hydroxyl groups excluding tert-OH is 1. The third-order valence-electron chi connectivity index (χ3n) is 1.42. The van der Waals surface area contributed by atoms with Gasteiger partial charge in [0.05, 0.1) is 6.61 Å². The first-order valence-corrected chi connectivity index (χ1v) is 3.94. The second-order valence-corrected chi connectivity index (χ2v) is 2.91. The quantitative estimate of drug-likeness (QED) is 0.816. The number of hydrogen-bond acceptors (Lipinski definition) is 2. The van der Waals surface area contributed by atoms with Crippen molar-refractivity contribution in [1.82, 2.24) is 4.98 Å². The maximum atomic E-state index is 8.92. The van der Waals surface area contributed by atoms with Crippen LogP contribution >= 0.6 is 15.9 Å². The van der Waals surface area contributed by atoms with Crippen LogP contribution < -0.4 is 0 Å². The number of nitrogens with zero attached hydrogens (tertiary/aromatic N) is 1. The van der Waals surface area contributed by atoms with Gasteiger partial charge in [-0.15, -0.1) is 0 Å². The van der Waals surface area contributed by atoms with Gasteiger partial charge >= 0.3 is 0 Å². The number of pyridine rings is 1. The Bertz CT molecular complexity index is 273. The molecule has 3 heteroatoms. The number of hydrogen-bond donors (Lipinski definition) is 1. The Morgan fingerprint density at radius 2 is 2.36 bits per heavy atom. The Morgan fingerprint density at radius 1 is 1.64 bits per heavy atom. The third kappa shape index (κ3) is 1.67. The van der Waals surface area contributed by atoms with E-state index in [1.807, 2.05) is 0 Å². The molecule has 0 aromatic carbocycles. The van der Waals surface area contributed by atoms with Gasteiger partial charge in [-0.25, -0.2) is 0 Å². The van der Waals surface area contributed by atoms with Gasteiger partial charge in [-0.05, 0) is 21.5 Å². The Morgan fingerprint density at radius 3 is 2.82 bits per heavy atom. The van der Waals surface area contributed by atoms with Crippen LogP contribution in [-0.4, -0.2) is 10.1 Å². The van der Waals surface area contributed by atoms with Crippen LogP contribution in [0.25, 0.3) is 6.08 Å². The Hall–Kier alpha value is -0.670. The minimum Gasteiger partial charge on any atom is -0.392 e. The van der Waals surface area contributed by atoms with E-state index >= 15 is 0 Å². The first-order chi connectivity index (χ1) is 5.29. The van der Waals surface area contributed by atoms with E-state index in [0.29, 0.717) is 0 Å². The predicted molar refractivity (Wildman–Crippen MR) is 48.0 cm³/mol. The summed E-state index contributed by atoms with van der Waals surface area (Å²) in [5.41, 5.74) is 1.69. The predicted octanol–water partition coefficient (Wildman–Crippen LogP) is 1.98. The highest BCUT2D eigenvalue weighted by atomic mass is 79.9. The molecule has 0 radical (unpaired) electrons. The van der Waals surface area contributed by atoms with Crippen LogP contribution in [0, 0.1) is 0 Å². The van der Waals surface area contributed by atoms with Crippen molar-refractivity contribution in [2.75, 3.05) is 0 Å². The Kier molecular flexibility index (Phi) is 2.79. The maximum Gasteiger partial charge on any atom is 0.0699 e. The fourth-order valence-corrected chi connectivity index (χ4v) is 1.29. The van der Waals surface area contributed by atoms with E-state index in [1.165, 1.54) is 0 Å². The Labute approximate surface area is 73.7 Å². The van der Waals surface area contributed by atoms with Crippen LogP contribution in [0.3, 0.4) is 0 Å². The summed E-state index contributed by atoms with van der Waals surface area (Å²) in [6.07, 6.45) is 4.99. The molecular formula is C8H8BrNO. The number of rotatable bonds is 2. The van der Waals surface area contributed by atoms with E-state index < -0.39 is 0 Å². The van der Waals surface area contributed by atoms with Gasteiger partial charge in [-0.3, -0.25) is 4.98 Å². The van der Waals surface area contributed by atoms with Crippen LogP contribution in [0.2, 0.25) is 0 Å². The zero-order valence-corrected chi connectivity index (χ0v) is 7.50. The first kappa shape index (κ1) is 8.43. The summed E-state index contributed by atoms with van der Waals surface area (Å²) >= 11 is 3.28.